The molecule has 1 aromatic rings. The number of hydrogen-bond acceptors (Lipinski definition) is 4. The third-order valence-corrected chi connectivity index (χ3v) is 4.40. The Labute approximate surface area is 154 Å². The first-order chi connectivity index (χ1) is 12.8. The third kappa shape index (κ3) is 7.29. The fourth-order valence-corrected chi connectivity index (χ4v) is 3.04. The number of halogens is 4. The maximum Gasteiger partial charge on any atom is 0.573 e. The maximum absolute atomic E-state index is 12.7. The second-order valence-corrected chi connectivity index (χ2v) is 6.36. The van der Waals surface area contributed by atoms with Crippen molar-refractivity contribution in [3.8, 4) is 11.8 Å². The lowest BCUT2D eigenvalue weighted by Gasteiger charge is -2.28. The van der Waals surface area contributed by atoms with Crippen molar-refractivity contribution < 1.29 is 31.8 Å². The topological polar surface area (TPSA) is 59.3 Å². The summed E-state index contributed by atoms with van der Waals surface area (Å²) in [5, 5.41) is 8.35. The highest BCUT2D eigenvalue weighted by Crippen LogP contribution is 2.30. The van der Waals surface area contributed by atoms with Crippen LogP contribution in [-0.4, -0.2) is 18.4 Å². The maximum atomic E-state index is 12.7. The summed E-state index contributed by atoms with van der Waals surface area (Å²) >= 11 is 0. The Morgan fingerprint density at radius 2 is 1.81 bits per heavy atom. The lowest BCUT2D eigenvalue weighted by Crippen LogP contribution is -2.24. The standard InChI is InChI=1S/C19H19F4NO3/c20-15(12-24)3-1-2-13-4-8-16(9-5-13)26-18(25)14-6-10-17(11-7-14)27-19(21,22)23/h3,6-7,10-11,13,16H,1-2,4-5,8-9H2/t13-,16-. The number of allylic oxidation sites excluding steroid dienone is 2. The average Bonchev–Trinajstić information content (AvgIpc) is 2.62. The first kappa shape index (κ1) is 20.7. The fourth-order valence-electron chi connectivity index (χ4n) is 3.04. The highest BCUT2D eigenvalue weighted by molar-refractivity contribution is 5.89. The van der Waals surface area contributed by atoms with E-state index in [0.717, 1.165) is 31.4 Å². The first-order valence-corrected chi connectivity index (χ1v) is 8.59. The average molecular weight is 385 g/mol. The van der Waals surface area contributed by atoms with E-state index in [9.17, 15) is 22.4 Å². The minimum absolute atomic E-state index is 0.156. The zero-order valence-electron chi connectivity index (χ0n) is 14.5. The summed E-state index contributed by atoms with van der Waals surface area (Å²) in [4.78, 5) is 12.1. The molecule has 0 bridgehead atoms. The van der Waals surface area contributed by atoms with Gasteiger partial charge in [0.25, 0.3) is 0 Å². The molecule has 146 valence electrons. The second-order valence-electron chi connectivity index (χ2n) is 6.36. The van der Waals surface area contributed by atoms with Crippen molar-refractivity contribution in [1.29, 1.82) is 5.26 Å². The number of nitrogens with zero attached hydrogens (tertiary/aromatic N) is 1. The van der Waals surface area contributed by atoms with Crippen LogP contribution in [0.1, 0.15) is 48.9 Å². The van der Waals surface area contributed by atoms with Gasteiger partial charge in [-0.25, -0.2) is 4.79 Å². The van der Waals surface area contributed by atoms with Crippen molar-refractivity contribution in [3.63, 3.8) is 0 Å². The van der Waals surface area contributed by atoms with E-state index in [0.29, 0.717) is 25.2 Å². The monoisotopic (exact) mass is 385 g/mol. The number of rotatable bonds is 6. The first-order valence-electron chi connectivity index (χ1n) is 8.59. The second kappa shape index (κ2) is 9.40. The van der Waals surface area contributed by atoms with Crippen LogP contribution in [0.4, 0.5) is 17.6 Å². The summed E-state index contributed by atoms with van der Waals surface area (Å²) < 4.78 is 58.3. The summed E-state index contributed by atoms with van der Waals surface area (Å²) in [6.07, 6.45) is 0.543. The SMILES string of the molecule is N#CC(F)=CCC[C@H]1CC[C@H](OC(=O)c2ccc(OC(F)(F)F)cc2)CC1. The van der Waals surface area contributed by atoms with Crippen molar-refractivity contribution in [2.24, 2.45) is 5.92 Å². The van der Waals surface area contributed by atoms with Gasteiger partial charge >= 0.3 is 12.3 Å². The molecule has 1 saturated carbocycles. The summed E-state index contributed by atoms with van der Waals surface area (Å²) in [6.45, 7) is 0. The molecule has 0 unspecified atom stereocenters. The van der Waals surface area contributed by atoms with Gasteiger partial charge in [0, 0.05) is 0 Å². The Morgan fingerprint density at radius 3 is 2.37 bits per heavy atom. The minimum atomic E-state index is -4.78. The van der Waals surface area contributed by atoms with Gasteiger partial charge < -0.3 is 9.47 Å². The predicted molar refractivity (Wildman–Crippen MR) is 88.3 cm³/mol. The van der Waals surface area contributed by atoms with E-state index in [-0.39, 0.29) is 11.7 Å². The molecule has 0 saturated heterocycles. The summed E-state index contributed by atoms with van der Waals surface area (Å²) in [5.41, 5.74) is 0.156. The molecule has 1 aromatic carbocycles. The van der Waals surface area contributed by atoms with Crippen LogP contribution in [0.2, 0.25) is 0 Å². The molecule has 0 amide bonds. The van der Waals surface area contributed by atoms with E-state index in [4.69, 9.17) is 10.00 Å². The van der Waals surface area contributed by atoms with Gasteiger partial charge in [-0.2, -0.15) is 9.65 Å². The number of esters is 1. The smallest absolute Gasteiger partial charge is 0.459 e. The quantitative estimate of drug-likeness (QED) is 0.371. The Kier molecular flexibility index (Phi) is 7.22. The Hall–Kier alpha value is -2.56. The van der Waals surface area contributed by atoms with Crippen molar-refractivity contribution in [2.75, 3.05) is 0 Å². The van der Waals surface area contributed by atoms with Gasteiger partial charge in [0.15, 0.2) is 5.83 Å². The molecule has 8 heteroatoms. The number of benzene rings is 1. The molecular formula is C19H19F4NO3. The van der Waals surface area contributed by atoms with E-state index >= 15 is 0 Å². The fraction of sp³-hybridized carbons (Fsp3) is 0.474. The number of hydrogen-bond donors (Lipinski definition) is 0. The van der Waals surface area contributed by atoms with Crippen LogP contribution in [0.25, 0.3) is 0 Å². The van der Waals surface area contributed by atoms with Crippen LogP contribution in [0.15, 0.2) is 36.2 Å². The molecule has 1 fully saturated rings. The highest BCUT2D eigenvalue weighted by atomic mass is 19.4. The zero-order chi connectivity index (χ0) is 19.9. The molecule has 0 N–H and O–H groups in total. The van der Waals surface area contributed by atoms with Gasteiger partial charge in [-0.05, 0) is 74.8 Å². The molecule has 0 aromatic heterocycles. The molecule has 0 atom stereocenters. The lowest BCUT2D eigenvalue weighted by molar-refractivity contribution is -0.274. The van der Waals surface area contributed by atoms with Gasteiger partial charge in [-0.1, -0.05) is 0 Å². The van der Waals surface area contributed by atoms with Gasteiger partial charge in [-0.3, -0.25) is 0 Å². The van der Waals surface area contributed by atoms with E-state index in [1.807, 2.05) is 0 Å². The summed E-state index contributed by atoms with van der Waals surface area (Å²) in [6, 6.07) is 6.02. The van der Waals surface area contributed by atoms with Gasteiger partial charge in [0.1, 0.15) is 17.9 Å². The molecule has 0 aliphatic heterocycles. The van der Waals surface area contributed by atoms with Crippen molar-refractivity contribution in [3.05, 3.63) is 41.7 Å². The van der Waals surface area contributed by atoms with Crippen LogP contribution in [0.3, 0.4) is 0 Å². The molecule has 0 spiro atoms. The number of ether oxygens (including phenoxy) is 2. The number of alkyl halides is 3. The molecule has 4 nitrogen and oxygen atoms in total. The normalized spacial score (nSPS) is 20.6. The van der Waals surface area contributed by atoms with E-state index in [1.54, 1.807) is 0 Å². The van der Waals surface area contributed by atoms with Crippen LogP contribution in [0, 0.1) is 17.2 Å². The molecule has 27 heavy (non-hydrogen) atoms. The summed E-state index contributed by atoms with van der Waals surface area (Å²) in [5.74, 6) is -1.37. The minimum Gasteiger partial charge on any atom is -0.459 e. The molecule has 1 aliphatic rings. The predicted octanol–water partition coefficient (Wildman–Crippen LogP) is 5.46. The molecule has 0 radical (unpaired) electrons. The van der Waals surface area contributed by atoms with Crippen LogP contribution in [0.5, 0.6) is 5.75 Å². The lowest BCUT2D eigenvalue weighted by atomic mass is 9.84. The number of carbonyl (C=O) groups is 1. The van der Waals surface area contributed by atoms with Crippen LogP contribution >= 0.6 is 0 Å². The van der Waals surface area contributed by atoms with Gasteiger partial charge in [0.2, 0.25) is 0 Å². The zero-order valence-corrected chi connectivity index (χ0v) is 14.5. The van der Waals surface area contributed by atoms with Crippen LogP contribution in [-0.2, 0) is 4.74 Å². The Morgan fingerprint density at radius 1 is 1.19 bits per heavy atom. The van der Waals surface area contributed by atoms with E-state index in [1.165, 1.54) is 24.3 Å². The highest BCUT2D eigenvalue weighted by Gasteiger charge is 2.31. The van der Waals surface area contributed by atoms with Gasteiger partial charge in [0.05, 0.1) is 5.56 Å². The molecule has 1 aliphatic carbocycles. The third-order valence-electron chi connectivity index (χ3n) is 4.40. The number of nitriles is 1. The molecular weight excluding hydrogens is 366 g/mol. The summed E-state index contributed by atoms with van der Waals surface area (Å²) in [7, 11) is 0. The molecule has 0 heterocycles. The van der Waals surface area contributed by atoms with Gasteiger partial charge in [-0.15, -0.1) is 13.2 Å². The van der Waals surface area contributed by atoms with Crippen molar-refractivity contribution in [1.82, 2.24) is 0 Å². The van der Waals surface area contributed by atoms with Crippen molar-refractivity contribution >= 4 is 5.97 Å². The number of carbonyl (C=O) groups excluding carboxylic acids is 1. The van der Waals surface area contributed by atoms with Crippen LogP contribution < -0.4 is 4.74 Å². The van der Waals surface area contributed by atoms with E-state index in [2.05, 4.69) is 4.74 Å². The largest absolute Gasteiger partial charge is 0.573 e. The van der Waals surface area contributed by atoms with Crippen molar-refractivity contribution in [2.45, 2.75) is 51.0 Å². The Bertz CT molecular complexity index is 699. The van der Waals surface area contributed by atoms with E-state index < -0.39 is 23.9 Å². The molecule has 2 rings (SSSR count). The Balaban J connectivity index is 1.76.